The highest BCUT2D eigenvalue weighted by Gasteiger charge is 2.51. The fraction of sp³-hybridized carbons (Fsp3) is 0.415. The lowest BCUT2D eigenvalue weighted by Crippen LogP contribution is -2.42. The van der Waals surface area contributed by atoms with Crippen molar-refractivity contribution in [1.29, 1.82) is 5.26 Å². The Kier molecular flexibility index (Phi) is 13.5. The van der Waals surface area contributed by atoms with Crippen LogP contribution in [0.2, 0.25) is 0 Å². The first-order valence-electron chi connectivity index (χ1n) is 18.5. The van der Waals surface area contributed by atoms with Crippen molar-refractivity contribution in [2.24, 2.45) is 0 Å². The largest absolute Gasteiger partial charge is 0.497 e. The summed E-state index contributed by atoms with van der Waals surface area (Å²) in [4.78, 5) is 24.1. The van der Waals surface area contributed by atoms with E-state index in [0.717, 1.165) is 16.7 Å². The molecule has 3 aromatic carbocycles. The number of aromatic nitrogens is 4. The summed E-state index contributed by atoms with van der Waals surface area (Å²) in [7, 11) is 3.11. The minimum Gasteiger partial charge on any atom is -0.497 e. The van der Waals surface area contributed by atoms with E-state index in [2.05, 4.69) is 53.4 Å². The molecule has 14 nitrogen and oxygen atoms in total. The average Bonchev–Trinajstić information content (AvgIpc) is 3.80. The number of nitriles is 1. The molecule has 0 aliphatic carbocycles. The molecule has 15 heteroatoms. The van der Waals surface area contributed by atoms with E-state index in [9.17, 15) is 10.1 Å². The van der Waals surface area contributed by atoms with Crippen LogP contribution in [0.25, 0.3) is 11.2 Å². The first kappa shape index (κ1) is 40.9. The molecule has 1 N–H and O–H groups in total. The molecule has 5 aromatic rings. The Bertz CT molecular complexity index is 2050. The summed E-state index contributed by atoms with van der Waals surface area (Å²) in [6.07, 6.45) is -0.0338. The van der Waals surface area contributed by atoms with Gasteiger partial charge < -0.3 is 37.7 Å². The van der Waals surface area contributed by atoms with E-state index in [0.29, 0.717) is 17.1 Å². The van der Waals surface area contributed by atoms with Crippen molar-refractivity contribution < 1.29 is 32.7 Å². The summed E-state index contributed by atoms with van der Waals surface area (Å²) >= 11 is 0. The Hall–Kier alpha value is -4.71. The molecule has 6 rings (SSSR count). The molecular weight excluding hydrogens is 735 g/mol. The Morgan fingerprint density at radius 3 is 2.05 bits per heavy atom. The molecule has 1 aliphatic rings. The number of benzene rings is 3. The predicted molar refractivity (Wildman–Crippen MR) is 211 cm³/mol. The predicted octanol–water partition coefficient (Wildman–Crippen LogP) is 6.72. The monoisotopic (exact) mass is 784 g/mol. The maximum atomic E-state index is 12.7. The summed E-state index contributed by atoms with van der Waals surface area (Å²) < 4.78 is 48.8. The van der Waals surface area contributed by atoms with Crippen LogP contribution in [0.4, 0.5) is 0 Å². The number of nitrogens with one attached hydrogen (secondary N) is 1. The van der Waals surface area contributed by atoms with Gasteiger partial charge in [-0.15, -0.1) is 0 Å². The number of hydrogen-bond donors (Lipinski definition) is 1. The van der Waals surface area contributed by atoms with Gasteiger partial charge in [-0.3, -0.25) is 9.36 Å². The van der Waals surface area contributed by atoms with Crippen LogP contribution in [0, 0.1) is 11.3 Å². The van der Waals surface area contributed by atoms with Gasteiger partial charge in [0.2, 0.25) is 0 Å². The Morgan fingerprint density at radius 2 is 1.50 bits per heavy atom. The zero-order valence-corrected chi connectivity index (χ0v) is 33.6. The lowest BCUT2D eigenvalue weighted by atomic mass is 9.80. The van der Waals surface area contributed by atoms with Gasteiger partial charge in [-0.05, 0) is 68.7 Å². The van der Waals surface area contributed by atoms with Gasteiger partial charge in [0.15, 0.2) is 17.4 Å². The third kappa shape index (κ3) is 8.36. The number of H-pyrrole nitrogens is 1. The standard InChI is InChI=1S/C41H49N6O8P/c1-27(2)47(28(3)4)56(53-23-11-22-42)55-36-34(54-40(37(36)51-7)46-26-45-35-38(46)43-25-44-39(35)48)24-52-41(29-12-9-8-10-13-29,30-14-18-32(49-5)19-15-30)31-16-20-33(50-6)21-17-31/h8-10,12-21,25-28,34,36-37,40H,11,23-24H2,1-7H3,(H,43,44,48)/t34-,36-,37-,40-,56?/m1/s1. The Balaban J connectivity index is 1.48. The molecule has 1 fully saturated rings. The molecule has 3 heterocycles. The Labute approximate surface area is 328 Å². The highest BCUT2D eigenvalue weighted by Crippen LogP contribution is 2.51. The summed E-state index contributed by atoms with van der Waals surface area (Å²) in [5.74, 6) is 1.40. The summed E-state index contributed by atoms with van der Waals surface area (Å²) in [5, 5.41) is 9.39. The van der Waals surface area contributed by atoms with E-state index in [1.165, 1.54) is 12.7 Å². The van der Waals surface area contributed by atoms with Crippen LogP contribution in [-0.2, 0) is 28.9 Å². The van der Waals surface area contributed by atoms with Crippen LogP contribution in [0.15, 0.2) is 96.3 Å². The van der Waals surface area contributed by atoms with Crippen molar-refractivity contribution >= 4 is 19.7 Å². The van der Waals surface area contributed by atoms with Crippen LogP contribution in [0.5, 0.6) is 11.5 Å². The molecule has 56 heavy (non-hydrogen) atoms. The van der Waals surface area contributed by atoms with Crippen LogP contribution < -0.4 is 15.0 Å². The molecule has 0 saturated carbocycles. The quantitative estimate of drug-likeness (QED) is 0.0570. The lowest BCUT2D eigenvalue weighted by molar-refractivity contribution is -0.0938. The van der Waals surface area contributed by atoms with Gasteiger partial charge >= 0.3 is 0 Å². The third-order valence-electron chi connectivity index (χ3n) is 9.71. The average molecular weight is 785 g/mol. The summed E-state index contributed by atoms with van der Waals surface area (Å²) in [6.45, 7) is 8.50. The molecule has 1 saturated heterocycles. The number of hydrogen-bond acceptors (Lipinski definition) is 12. The SMILES string of the molecule is COc1ccc(C(OC[C@H]2O[C@@H](n3cnc4c(=O)[nH]cnc43)[C@H](OC)[C@@H]2OP(OCCC#N)N(C(C)C)C(C)C)(c2ccccc2)c2ccc(OC)cc2)cc1. The fourth-order valence-corrected chi connectivity index (χ4v) is 8.94. The first-order chi connectivity index (χ1) is 27.2. The highest BCUT2D eigenvalue weighted by atomic mass is 31.2. The van der Waals surface area contributed by atoms with E-state index in [-0.39, 0.29) is 42.8 Å². The summed E-state index contributed by atoms with van der Waals surface area (Å²) in [6, 6.07) is 27.8. The lowest BCUT2D eigenvalue weighted by Gasteiger charge is -2.39. The van der Waals surface area contributed by atoms with E-state index in [4.69, 9.17) is 32.7 Å². The molecule has 0 amide bonds. The van der Waals surface area contributed by atoms with Crippen LogP contribution >= 0.6 is 8.53 Å². The molecule has 5 atom stereocenters. The number of methoxy groups -OCH3 is 3. The number of rotatable bonds is 18. The van der Waals surface area contributed by atoms with Crippen LogP contribution in [0.3, 0.4) is 0 Å². The third-order valence-corrected chi connectivity index (χ3v) is 11.8. The van der Waals surface area contributed by atoms with Gasteiger partial charge in [0.25, 0.3) is 14.1 Å². The summed E-state index contributed by atoms with van der Waals surface area (Å²) in [5.41, 5.74) is 1.54. The second kappa shape index (κ2) is 18.5. The van der Waals surface area contributed by atoms with Gasteiger partial charge in [-0.2, -0.15) is 5.26 Å². The number of nitrogens with zero attached hydrogens (tertiary/aromatic N) is 5. The van der Waals surface area contributed by atoms with Gasteiger partial charge in [0.1, 0.15) is 35.4 Å². The van der Waals surface area contributed by atoms with Crippen molar-refractivity contribution in [3.8, 4) is 17.6 Å². The van der Waals surface area contributed by atoms with Gasteiger partial charge in [0, 0.05) is 19.2 Å². The fourth-order valence-electron chi connectivity index (χ4n) is 7.17. The van der Waals surface area contributed by atoms with Gasteiger partial charge in [-0.1, -0.05) is 54.6 Å². The topological polar surface area (TPSA) is 155 Å². The normalized spacial score (nSPS) is 19.2. The minimum absolute atomic E-state index is 0.0132. The zero-order chi connectivity index (χ0) is 39.8. The maximum absolute atomic E-state index is 12.7. The van der Waals surface area contributed by atoms with Crippen molar-refractivity contribution in [2.75, 3.05) is 34.5 Å². The molecule has 1 unspecified atom stereocenters. The smallest absolute Gasteiger partial charge is 0.278 e. The molecule has 296 valence electrons. The molecule has 0 bridgehead atoms. The number of imidazole rings is 1. The second-order valence-electron chi connectivity index (χ2n) is 13.8. The van der Waals surface area contributed by atoms with Crippen LogP contribution in [-0.4, -0.2) is 89.1 Å². The van der Waals surface area contributed by atoms with E-state index in [1.54, 1.807) is 25.9 Å². The van der Waals surface area contributed by atoms with Crippen molar-refractivity contribution in [1.82, 2.24) is 24.2 Å². The van der Waals surface area contributed by atoms with Gasteiger partial charge in [0.05, 0.1) is 52.6 Å². The second-order valence-corrected chi connectivity index (χ2v) is 15.2. The number of ether oxygens (including phenoxy) is 5. The minimum atomic E-state index is -1.74. The number of fused-ring (bicyclic) bond motifs is 1. The number of aromatic amines is 1. The molecule has 0 radical (unpaired) electrons. The molecule has 0 spiro atoms. The maximum Gasteiger partial charge on any atom is 0.278 e. The van der Waals surface area contributed by atoms with Crippen LogP contribution in [0.1, 0.15) is 57.0 Å². The van der Waals surface area contributed by atoms with E-state index in [1.807, 2.05) is 78.9 Å². The zero-order valence-electron chi connectivity index (χ0n) is 32.7. The van der Waals surface area contributed by atoms with Crippen molar-refractivity contribution in [2.45, 2.75) is 76.3 Å². The Morgan fingerprint density at radius 1 is 0.893 bits per heavy atom. The molecule has 1 aliphatic heterocycles. The van der Waals surface area contributed by atoms with E-state index < -0.39 is 38.7 Å². The molecular formula is C41H49N6O8P. The van der Waals surface area contributed by atoms with Gasteiger partial charge in [-0.25, -0.2) is 14.6 Å². The highest BCUT2D eigenvalue weighted by molar-refractivity contribution is 7.44. The van der Waals surface area contributed by atoms with Crippen molar-refractivity contribution in [3.63, 3.8) is 0 Å². The van der Waals surface area contributed by atoms with Crippen molar-refractivity contribution in [3.05, 3.63) is 119 Å². The van der Waals surface area contributed by atoms with E-state index >= 15 is 0 Å². The molecule has 2 aromatic heterocycles. The first-order valence-corrected chi connectivity index (χ1v) is 19.6.